The van der Waals surface area contributed by atoms with Crippen molar-refractivity contribution < 1.29 is 18.4 Å². The van der Waals surface area contributed by atoms with Crippen molar-refractivity contribution in [1.82, 2.24) is 5.48 Å². The maximum absolute atomic E-state index is 11.9. The molecular weight excluding hydrogens is 216 g/mol. The normalized spacial score (nSPS) is 12.8. The Bertz CT molecular complexity index is 303. The lowest BCUT2D eigenvalue weighted by Crippen LogP contribution is -2.18. The van der Waals surface area contributed by atoms with Crippen LogP contribution in [0.4, 0.5) is 8.78 Å². The number of benzene rings is 1. The summed E-state index contributed by atoms with van der Waals surface area (Å²) in [4.78, 5) is 5.04. The molecule has 1 rings (SSSR count). The van der Waals surface area contributed by atoms with E-state index in [1.807, 2.05) is 13.8 Å². The molecular formula is C11H15F2NO2. The zero-order valence-electron chi connectivity index (χ0n) is 9.24. The largest absolute Gasteiger partial charge is 0.435 e. The summed E-state index contributed by atoms with van der Waals surface area (Å²) in [7, 11) is 0. The number of nitrogens with one attached hydrogen (secondary N) is 1. The highest BCUT2D eigenvalue weighted by molar-refractivity contribution is 5.28. The molecule has 1 N–H and O–H groups in total. The fraction of sp³-hybridized carbons (Fsp3) is 0.455. The van der Waals surface area contributed by atoms with Gasteiger partial charge in [0.1, 0.15) is 5.75 Å². The van der Waals surface area contributed by atoms with Crippen LogP contribution in [-0.2, 0) is 4.84 Å². The van der Waals surface area contributed by atoms with Gasteiger partial charge in [0.25, 0.3) is 0 Å². The lowest BCUT2D eigenvalue weighted by molar-refractivity contribution is -0.0498. The Labute approximate surface area is 93.3 Å². The summed E-state index contributed by atoms with van der Waals surface area (Å²) in [5.74, 6) is 0.155. The number of halogens is 2. The maximum Gasteiger partial charge on any atom is 0.387 e. The van der Waals surface area contributed by atoms with Gasteiger partial charge in [0.05, 0.1) is 12.6 Å². The topological polar surface area (TPSA) is 30.5 Å². The molecule has 0 bridgehead atoms. The zero-order chi connectivity index (χ0) is 12.0. The average molecular weight is 231 g/mol. The molecule has 0 radical (unpaired) electrons. The summed E-state index contributed by atoms with van der Waals surface area (Å²) >= 11 is 0. The zero-order valence-corrected chi connectivity index (χ0v) is 9.24. The van der Waals surface area contributed by atoms with E-state index >= 15 is 0 Å². The van der Waals surface area contributed by atoms with Gasteiger partial charge in [-0.1, -0.05) is 12.1 Å². The van der Waals surface area contributed by atoms with Gasteiger partial charge in [-0.25, -0.2) is 0 Å². The van der Waals surface area contributed by atoms with Crippen LogP contribution in [0.2, 0.25) is 0 Å². The first-order valence-corrected chi connectivity index (χ1v) is 5.05. The number of hydrogen-bond donors (Lipinski definition) is 1. The molecule has 0 amide bonds. The van der Waals surface area contributed by atoms with Gasteiger partial charge in [-0.2, -0.15) is 14.3 Å². The van der Waals surface area contributed by atoms with Crippen LogP contribution in [0.5, 0.6) is 5.75 Å². The van der Waals surface area contributed by atoms with Gasteiger partial charge in [0.2, 0.25) is 0 Å². The highest BCUT2D eigenvalue weighted by atomic mass is 19.3. The minimum atomic E-state index is -2.79. The Kier molecular flexibility index (Phi) is 5.14. The quantitative estimate of drug-likeness (QED) is 0.763. The van der Waals surface area contributed by atoms with Gasteiger partial charge in [0.15, 0.2) is 0 Å². The first kappa shape index (κ1) is 12.9. The second-order valence-electron chi connectivity index (χ2n) is 3.22. The molecule has 0 fully saturated rings. The molecule has 5 heteroatoms. The van der Waals surface area contributed by atoms with E-state index in [1.54, 1.807) is 12.1 Å². The molecule has 0 aliphatic carbocycles. The van der Waals surface area contributed by atoms with Crippen LogP contribution in [0.15, 0.2) is 24.3 Å². The number of hydrogen-bond acceptors (Lipinski definition) is 3. The van der Waals surface area contributed by atoms with Gasteiger partial charge >= 0.3 is 6.61 Å². The standard InChI is InChI=1S/C11H15F2NO2/c1-3-15-14-8(2)9-4-6-10(7-5-9)16-11(12)13/h4-8,11,14H,3H2,1-2H3. The molecule has 0 heterocycles. The highest BCUT2D eigenvalue weighted by Gasteiger charge is 2.07. The molecule has 1 atom stereocenters. The Morgan fingerprint density at radius 1 is 1.25 bits per heavy atom. The van der Waals surface area contributed by atoms with Crippen molar-refractivity contribution in [2.24, 2.45) is 0 Å². The van der Waals surface area contributed by atoms with Crippen LogP contribution in [0.1, 0.15) is 25.5 Å². The molecule has 0 saturated heterocycles. The predicted octanol–water partition coefficient (Wildman–Crippen LogP) is 2.89. The van der Waals surface area contributed by atoms with Crippen molar-refractivity contribution in [3.8, 4) is 5.75 Å². The molecule has 0 saturated carbocycles. The Balaban J connectivity index is 2.56. The smallest absolute Gasteiger partial charge is 0.387 e. The number of rotatable bonds is 6. The van der Waals surface area contributed by atoms with E-state index in [2.05, 4.69) is 10.2 Å². The summed E-state index contributed by atoms with van der Waals surface area (Å²) < 4.78 is 28.0. The van der Waals surface area contributed by atoms with E-state index in [0.717, 1.165) is 5.56 Å². The molecule has 0 spiro atoms. The van der Waals surface area contributed by atoms with Gasteiger partial charge in [-0.3, -0.25) is 0 Å². The molecule has 0 aliphatic rings. The Hall–Kier alpha value is -1.20. The number of hydroxylamine groups is 1. The number of ether oxygens (including phenoxy) is 1. The molecule has 90 valence electrons. The molecule has 16 heavy (non-hydrogen) atoms. The average Bonchev–Trinajstić information content (AvgIpc) is 2.26. The molecule has 1 unspecified atom stereocenters. The Morgan fingerprint density at radius 3 is 2.38 bits per heavy atom. The van der Waals surface area contributed by atoms with Gasteiger partial charge < -0.3 is 9.57 Å². The van der Waals surface area contributed by atoms with Crippen molar-refractivity contribution in [3.05, 3.63) is 29.8 Å². The third-order valence-electron chi connectivity index (χ3n) is 2.01. The van der Waals surface area contributed by atoms with E-state index in [9.17, 15) is 8.78 Å². The monoisotopic (exact) mass is 231 g/mol. The predicted molar refractivity (Wildman–Crippen MR) is 56.3 cm³/mol. The van der Waals surface area contributed by atoms with Crippen LogP contribution < -0.4 is 10.2 Å². The Morgan fingerprint density at radius 2 is 1.88 bits per heavy atom. The van der Waals surface area contributed by atoms with Gasteiger partial charge in [0, 0.05) is 0 Å². The van der Waals surface area contributed by atoms with Crippen molar-refractivity contribution in [2.75, 3.05) is 6.61 Å². The lowest BCUT2D eigenvalue weighted by atomic mass is 10.1. The molecule has 1 aromatic rings. The molecule has 0 aliphatic heterocycles. The summed E-state index contributed by atoms with van der Waals surface area (Å²) in [5.41, 5.74) is 3.76. The second kappa shape index (κ2) is 6.40. The lowest BCUT2D eigenvalue weighted by Gasteiger charge is -2.13. The maximum atomic E-state index is 11.9. The van der Waals surface area contributed by atoms with Crippen LogP contribution in [0.3, 0.4) is 0 Å². The van der Waals surface area contributed by atoms with E-state index in [4.69, 9.17) is 4.84 Å². The summed E-state index contributed by atoms with van der Waals surface area (Å²) in [5, 5.41) is 0. The minimum Gasteiger partial charge on any atom is -0.435 e. The fourth-order valence-corrected chi connectivity index (χ4v) is 1.21. The third-order valence-corrected chi connectivity index (χ3v) is 2.01. The van der Waals surface area contributed by atoms with Crippen LogP contribution in [0, 0.1) is 0 Å². The van der Waals surface area contributed by atoms with Gasteiger partial charge in [-0.05, 0) is 31.5 Å². The minimum absolute atomic E-state index is 0.000509. The second-order valence-corrected chi connectivity index (χ2v) is 3.22. The number of alkyl halides is 2. The van der Waals surface area contributed by atoms with Crippen molar-refractivity contribution in [2.45, 2.75) is 26.5 Å². The van der Waals surface area contributed by atoms with Crippen molar-refractivity contribution in [3.63, 3.8) is 0 Å². The first-order chi connectivity index (χ1) is 7.63. The summed E-state index contributed by atoms with van der Waals surface area (Å²) in [6, 6.07) is 6.44. The third kappa shape index (κ3) is 4.12. The van der Waals surface area contributed by atoms with Crippen LogP contribution in [0.25, 0.3) is 0 Å². The van der Waals surface area contributed by atoms with Crippen LogP contribution in [-0.4, -0.2) is 13.2 Å². The van der Waals surface area contributed by atoms with E-state index < -0.39 is 6.61 Å². The first-order valence-electron chi connectivity index (χ1n) is 5.05. The summed E-state index contributed by atoms with van der Waals surface area (Å²) in [6.07, 6.45) is 0. The van der Waals surface area contributed by atoms with Crippen LogP contribution >= 0.6 is 0 Å². The molecule has 3 nitrogen and oxygen atoms in total. The van der Waals surface area contributed by atoms with E-state index in [1.165, 1.54) is 12.1 Å². The van der Waals surface area contributed by atoms with E-state index in [0.29, 0.717) is 6.61 Å². The highest BCUT2D eigenvalue weighted by Crippen LogP contribution is 2.18. The fourth-order valence-electron chi connectivity index (χ4n) is 1.21. The van der Waals surface area contributed by atoms with E-state index in [-0.39, 0.29) is 11.8 Å². The van der Waals surface area contributed by atoms with Gasteiger partial charge in [-0.15, -0.1) is 0 Å². The summed E-state index contributed by atoms with van der Waals surface area (Å²) in [6.45, 7) is 1.57. The van der Waals surface area contributed by atoms with Crippen molar-refractivity contribution >= 4 is 0 Å². The SMILES string of the molecule is CCONC(C)c1ccc(OC(F)F)cc1. The molecule has 1 aromatic carbocycles. The van der Waals surface area contributed by atoms with Crippen molar-refractivity contribution in [1.29, 1.82) is 0 Å². The molecule has 0 aromatic heterocycles.